The highest BCUT2D eigenvalue weighted by atomic mass is 79.9. The lowest BCUT2D eigenvalue weighted by atomic mass is 10.1. The normalized spacial score (nSPS) is 24.9. The Kier molecular flexibility index (Phi) is 3.88. The van der Waals surface area contributed by atoms with Gasteiger partial charge in [0.15, 0.2) is 0 Å². The summed E-state index contributed by atoms with van der Waals surface area (Å²) >= 11 is 7.00. The first-order valence-corrected chi connectivity index (χ1v) is 7.60. The van der Waals surface area contributed by atoms with Gasteiger partial charge in [0.2, 0.25) is 5.91 Å². The molecule has 6 heteroatoms. The van der Waals surface area contributed by atoms with Gasteiger partial charge >= 0.3 is 0 Å². The Hall–Kier alpha value is -0.360. The van der Waals surface area contributed by atoms with Crippen LogP contribution in [-0.2, 0) is 11.3 Å². The molecule has 18 heavy (non-hydrogen) atoms. The van der Waals surface area contributed by atoms with Crippen molar-refractivity contribution in [3.8, 4) is 0 Å². The largest absolute Gasteiger partial charge is 0.355 e. The summed E-state index contributed by atoms with van der Waals surface area (Å²) in [6.45, 7) is 5.51. The van der Waals surface area contributed by atoms with Crippen molar-refractivity contribution in [3.63, 3.8) is 0 Å². The van der Waals surface area contributed by atoms with E-state index in [0.29, 0.717) is 6.54 Å². The molecule has 1 atom stereocenters. The minimum Gasteiger partial charge on any atom is -0.355 e. The van der Waals surface area contributed by atoms with Crippen molar-refractivity contribution in [1.29, 1.82) is 0 Å². The molecule has 0 aliphatic heterocycles. The maximum Gasteiger partial charge on any atom is 0.228 e. The van der Waals surface area contributed by atoms with Gasteiger partial charge in [-0.1, -0.05) is 31.9 Å². The summed E-state index contributed by atoms with van der Waals surface area (Å²) in [6.07, 6.45) is 3.51. The highest BCUT2D eigenvalue weighted by Gasteiger charge is 2.66. The van der Waals surface area contributed by atoms with Crippen molar-refractivity contribution in [2.45, 2.75) is 36.5 Å². The Morgan fingerprint density at radius 2 is 2.28 bits per heavy atom. The first kappa shape index (κ1) is 14.1. The summed E-state index contributed by atoms with van der Waals surface area (Å²) in [5, 5.41) is 7.19. The summed E-state index contributed by atoms with van der Waals surface area (Å²) in [6, 6.07) is 1.98. The number of carbonyl (C=O) groups is 1. The lowest BCUT2D eigenvalue weighted by Crippen LogP contribution is -2.34. The van der Waals surface area contributed by atoms with Crippen LogP contribution in [0.4, 0.5) is 0 Å². The van der Waals surface area contributed by atoms with Crippen LogP contribution in [0.5, 0.6) is 0 Å². The summed E-state index contributed by atoms with van der Waals surface area (Å²) in [4.78, 5) is 12.0. The fraction of sp³-hybridized carbons (Fsp3) is 0.667. The maximum absolute atomic E-state index is 12.0. The average Bonchev–Trinajstić information content (AvgIpc) is 2.63. The fourth-order valence-electron chi connectivity index (χ4n) is 1.90. The van der Waals surface area contributed by atoms with Gasteiger partial charge < -0.3 is 5.32 Å². The van der Waals surface area contributed by atoms with Gasteiger partial charge in [-0.3, -0.25) is 9.48 Å². The van der Waals surface area contributed by atoms with Crippen LogP contribution < -0.4 is 5.32 Å². The van der Waals surface area contributed by atoms with E-state index in [9.17, 15) is 4.79 Å². The molecule has 0 saturated heterocycles. The number of hydrogen-bond acceptors (Lipinski definition) is 2. The summed E-state index contributed by atoms with van der Waals surface area (Å²) in [7, 11) is 0. The minimum atomic E-state index is -0.325. The van der Waals surface area contributed by atoms with E-state index >= 15 is 0 Å². The summed E-state index contributed by atoms with van der Waals surface area (Å²) in [5.74, 6) is 0.105. The van der Waals surface area contributed by atoms with Crippen LogP contribution in [0, 0.1) is 12.3 Å². The van der Waals surface area contributed by atoms with Crippen LogP contribution in [-0.4, -0.2) is 25.5 Å². The van der Waals surface area contributed by atoms with Crippen molar-refractivity contribution in [2.75, 3.05) is 6.54 Å². The molecule has 100 valence electrons. The second-order valence-corrected chi connectivity index (χ2v) is 8.79. The SMILES string of the molecule is Cc1ccnn1CCCNC(=O)[C@]1(C)CC1(Br)Br. The number of aryl methyl sites for hydroxylation is 2. The molecule has 1 aromatic rings. The van der Waals surface area contributed by atoms with Crippen LogP contribution in [0.2, 0.25) is 0 Å². The van der Waals surface area contributed by atoms with Gasteiger partial charge in [-0.2, -0.15) is 5.10 Å². The molecule has 0 spiro atoms. The van der Waals surface area contributed by atoms with E-state index < -0.39 is 0 Å². The molecule has 2 rings (SSSR count). The molecule has 4 nitrogen and oxygen atoms in total. The van der Waals surface area contributed by atoms with E-state index in [-0.39, 0.29) is 14.6 Å². The minimum absolute atomic E-state index is 0.105. The topological polar surface area (TPSA) is 46.9 Å². The number of carbonyl (C=O) groups excluding carboxylic acids is 1. The maximum atomic E-state index is 12.0. The Balaban J connectivity index is 1.71. The molecule has 1 aromatic heterocycles. The van der Waals surface area contributed by atoms with Gasteiger partial charge in [-0.05, 0) is 32.8 Å². The molecule has 1 fully saturated rings. The van der Waals surface area contributed by atoms with Crippen molar-refractivity contribution < 1.29 is 4.79 Å². The third kappa shape index (κ3) is 2.64. The van der Waals surface area contributed by atoms with E-state index in [1.165, 1.54) is 0 Å². The average molecular weight is 379 g/mol. The van der Waals surface area contributed by atoms with Crippen LogP contribution in [0.25, 0.3) is 0 Å². The van der Waals surface area contributed by atoms with E-state index in [1.807, 2.05) is 24.6 Å². The molecule has 1 heterocycles. The Labute approximate surface area is 124 Å². The van der Waals surface area contributed by atoms with Crippen molar-refractivity contribution in [3.05, 3.63) is 18.0 Å². The smallest absolute Gasteiger partial charge is 0.228 e. The van der Waals surface area contributed by atoms with Gasteiger partial charge in [0.25, 0.3) is 0 Å². The molecule has 1 aliphatic rings. The molecule has 0 unspecified atom stereocenters. The first-order chi connectivity index (χ1) is 8.37. The molecule has 1 amide bonds. The molecule has 0 aromatic carbocycles. The number of aromatic nitrogens is 2. The number of alkyl halides is 2. The summed E-state index contributed by atoms with van der Waals surface area (Å²) < 4.78 is 1.74. The lowest BCUT2D eigenvalue weighted by Gasteiger charge is -2.13. The second-order valence-electron chi connectivity index (χ2n) is 5.02. The third-order valence-corrected chi connectivity index (χ3v) is 5.83. The van der Waals surface area contributed by atoms with E-state index in [0.717, 1.165) is 25.1 Å². The zero-order valence-electron chi connectivity index (χ0n) is 10.5. The number of nitrogens with one attached hydrogen (secondary N) is 1. The molecule has 1 saturated carbocycles. The van der Waals surface area contributed by atoms with Crippen LogP contribution in [0.3, 0.4) is 0 Å². The molecule has 1 N–H and O–H groups in total. The predicted molar refractivity (Wildman–Crippen MR) is 77.9 cm³/mol. The molecule has 1 aliphatic carbocycles. The van der Waals surface area contributed by atoms with Gasteiger partial charge in [0.05, 0.1) is 8.65 Å². The Morgan fingerprint density at radius 1 is 1.61 bits per heavy atom. The van der Waals surface area contributed by atoms with Gasteiger partial charge in [-0.25, -0.2) is 0 Å². The van der Waals surface area contributed by atoms with Gasteiger partial charge in [0.1, 0.15) is 0 Å². The van der Waals surface area contributed by atoms with Gasteiger partial charge in [0, 0.05) is 25.0 Å². The number of halogens is 2. The Morgan fingerprint density at radius 3 is 2.78 bits per heavy atom. The predicted octanol–water partition coefficient (Wildman–Crippen LogP) is 2.59. The van der Waals surface area contributed by atoms with Crippen LogP contribution in [0.15, 0.2) is 12.3 Å². The number of nitrogens with zero attached hydrogens (tertiary/aromatic N) is 2. The van der Waals surface area contributed by atoms with Crippen LogP contribution >= 0.6 is 31.9 Å². The molecular formula is C12H17Br2N3O. The summed E-state index contributed by atoms with van der Waals surface area (Å²) in [5.41, 5.74) is 0.824. The number of rotatable bonds is 5. The monoisotopic (exact) mass is 377 g/mol. The standard InChI is InChI=1S/C12H17Br2N3O/c1-9-4-6-16-17(9)7-3-5-15-10(18)11(2)8-12(11,13)14/h4,6H,3,5,7-8H2,1-2H3,(H,15,18)/t11-/m0/s1. The highest BCUT2D eigenvalue weighted by Crippen LogP contribution is 2.66. The zero-order chi connectivity index (χ0) is 13.4. The van der Waals surface area contributed by atoms with E-state index in [4.69, 9.17) is 0 Å². The number of hydrogen-bond donors (Lipinski definition) is 1. The zero-order valence-corrected chi connectivity index (χ0v) is 13.7. The molecule has 0 radical (unpaired) electrons. The van der Waals surface area contributed by atoms with Gasteiger partial charge in [-0.15, -0.1) is 0 Å². The first-order valence-electron chi connectivity index (χ1n) is 6.01. The Bertz CT molecular complexity index is 458. The van der Waals surface area contributed by atoms with Crippen LogP contribution in [0.1, 0.15) is 25.5 Å². The number of amides is 1. The van der Waals surface area contributed by atoms with Crippen molar-refractivity contribution in [2.24, 2.45) is 5.41 Å². The molecular weight excluding hydrogens is 362 g/mol. The fourth-order valence-corrected chi connectivity index (χ4v) is 3.39. The van der Waals surface area contributed by atoms with Crippen molar-refractivity contribution >= 4 is 37.8 Å². The quantitative estimate of drug-likeness (QED) is 0.632. The third-order valence-electron chi connectivity index (χ3n) is 3.52. The van der Waals surface area contributed by atoms with Crippen molar-refractivity contribution in [1.82, 2.24) is 15.1 Å². The second kappa shape index (κ2) is 4.96. The lowest BCUT2D eigenvalue weighted by molar-refractivity contribution is -0.125. The molecule has 0 bridgehead atoms. The van der Waals surface area contributed by atoms with E-state index in [1.54, 1.807) is 6.20 Å². The highest BCUT2D eigenvalue weighted by molar-refractivity contribution is 9.25. The van der Waals surface area contributed by atoms with E-state index in [2.05, 4.69) is 42.3 Å².